The molecular formula is C21H18N2O3S. The van der Waals surface area contributed by atoms with Gasteiger partial charge in [0, 0.05) is 12.4 Å². The molecule has 0 saturated heterocycles. The van der Waals surface area contributed by atoms with Crippen molar-refractivity contribution in [3.63, 3.8) is 0 Å². The molecular weight excluding hydrogens is 360 g/mol. The van der Waals surface area contributed by atoms with Gasteiger partial charge in [-0.1, -0.05) is 41.7 Å². The maximum absolute atomic E-state index is 12.8. The Hall–Kier alpha value is -3.12. The van der Waals surface area contributed by atoms with Gasteiger partial charge in [-0.3, -0.25) is 4.79 Å². The maximum Gasteiger partial charge on any atom is 0.283 e. The van der Waals surface area contributed by atoms with Crippen molar-refractivity contribution in [2.45, 2.75) is 0 Å². The number of nitrogens with zero attached hydrogens (tertiary/aromatic N) is 2. The molecule has 1 aromatic heterocycles. The van der Waals surface area contributed by atoms with Gasteiger partial charge in [0.25, 0.3) is 5.91 Å². The molecule has 27 heavy (non-hydrogen) atoms. The van der Waals surface area contributed by atoms with Gasteiger partial charge in [0.05, 0.1) is 30.0 Å². The Morgan fingerprint density at radius 1 is 1.04 bits per heavy atom. The molecule has 0 aliphatic rings. The summed E-state index contributed by atoms with van der Waals surface area (Å²) in [5.74, 6) is 0.692. The number of fused-ring (bicyclic) bond motifs is 3. The number of aromatic nitrogens is 1. The lowest BCUT2D eigenvalue weighted by Gasteiger charge is -2.07. The van der Waals surface area contributed by atoms with E-state index in [0.29, 0.717) is 21.9 Å². The van der Waals surface area contributed by atoms with Crippen molar-refractivity contribution in [1.82, 2.24) is 4.57 Å². The second-order valence-corrected chi connectivity index (χ2v) is 7.07. The van der Waals surface area contributed by atoms with Crippen LogP contribution in [-0.2, 0) is 7.05 Å². The molecule has 4 rings (SSSR count). The molecule has 5 nitrogen and oxygen atoms in total. The zero-order valence-corrected chi connectivity index (χ0v) is 16.0. The summed E-state index contributed by atoms with van der Waals surface area (Å²) in [6, 6.07) is 17.5. The van der Waals surface area contributed by atoms with Crippen LogP contribution in [0, 0.1) is 0 Å². The van der Waals surface area contributed by atoms with Crippen molar-refractivity contribution in [3.8, 4) is 11.5 Å². The number of hydrogen-bond acceptors (Lipinski definition) is 4. The van der Waals surface area contributed by atoms with E-state index in [4.69, 9.17) is 9.47 Å². The molecule has 1 heterocycles. The fourth-order valence-electron chi connectivity index (χ4n) is 3.15. The lowest BCUT2D eigenvalue weighted by molar-refractivity contribution is 0.0994. The lowest BCUT2D eigenvalue weighted by Crippen LogP contribution is -2.14. The van der Waals surface area contributed by atoms with Crippen molar-refractivity contribution in [3.05, 3.63) is 65.0 Å². The van der Waals surface area contributed by atoms with Crippen LogP contribution in [-0.4, -0.2) is 24.7 Å². The summed E-state index contributed by atoms with van der Waals surface area (Å²) in [4.78, 5) is 17.8. The average Bonchev–Trinajstić information content (AvgIpc) is 3.03. The SMILES string of the molecule is COc1ccc(OC)c(C(=O)N=c2sc3ccc4ccccc4c3n2C)c1. The van der Waals surface area contributed by atoms with Crippen LogP contribution in [0.4, 0.5) is 0 Å². The third-order valence-electron chi connectivity index (χ3n) is 4.52. The van der Waals surface area contributed by atoms with E-state index in [1.165, 1.54) is 18.4 Å². The predicted molar refractivity (Wildman–Crippen MR) is 108 cm³/mol. The Morgan fingerprint density at radius 2 is 1.85 bits per heavy atom. The van der Waals surface area contributed by atoms with Crippen molar-refractivity contribution < 1.29 is 14.3 Å². The van der Waals surface area contributed by atoms with E-state index in [-0.39, 0.29) is 5.91 Å². The van der Waals surface area contributed by atoms with E-state index in [1.807, 2.05) is 23.7 Å². The molecule has 0 N–H and O–H groups in total. The number of ether oxygens (including phenoxy) is 2. The summed E-state index contributed by atoms with van der Waals surface area (Å²) in [6.45, 7) is 0. The Balaban J connectivity index is 1.90. The van der Waals surface area contributed by atoms with Crippen molar-refractivity contribution in [1.29, 1.82) is 0 Å². The van der Waals surface area contributed by atoms with Gasteiger partial charge < -0.3 is 14.0 Å². The minimum absolute atomic E-state index is 0.364. The van der Waals surface area contributed by atoms with Crippen LogP contribution in [0.2, 0.25) is 0 Å². The fraction of sp³-hybridized carbons (Fsp3) is 0.143. The van der Waals surface area contributed by atoms with Gasteiger partial charge >= 0.3 is 0 Å². The highest BCUT2D eigenvalue weighted by molar-refractivity contribution is 7.16. The zero-order valence-electron chi connectivity index (χ0n) is 15.2. The van der Waals surface area contributed by atoms with Gasteiger partial charge in [0.15, 0.2) is 4.80 Å². The Morgan fingerprint density at radius 3 is 2.63 bits per heavy atom. The number of carbonyl (C=O) groups excluding carboxylic acids is 1. The highest BCUT2D eigenvalue weighted by atomic mass is 32.1. The molecule has 136 valence electrons. The number of benzene rings is 3. The van der Waals surface area contributed by atoms with E-state index in [2.05, 4.69) is 29.3 Å². The summed E-state index contributed by atoms with van der Waals surface area (Å²) in [5, 5.41) is 2.30. The van der Waals surface area contributed by atoms with Crippen molar-refractivity contribution in [2.75, 3.05) is 14.2 Å². The van der Waals surface area contributed by atoms with Crippen LogP contribution in [0.1, 0.15) is 10.4 Å². The summed E-state index contributed by atoms with van der Waals surface area (Å²) >= 11 is 1.49. The first-order valence-electron chi connectivity index (χ1n) is 8.40. The second kappa shape index (κ2) is 6.89. The standard InChI is InChI=1S/C21H18N2O3S/c1-23-19-15-7-5-4-6-13(15)8-11-18(19)27-21(23)22-20(24)16-12-14(25-2)9-10-17(16)26-3/h4-12H,1-3H3. The molecule has 0 bridgehead atoms. The van der Waals surface area contributed by atoms with Crippen molar-refractivity contribution in [2.24, 2.45) is 12.0 Å². The number of amides is 1. The van der Waals surface area contributed by atoms with Crippen LogP contribution >= 0.6 is 11.3 Å². The molecule has 6 heteroatoms. The molecule has 0 unspecified atom stereocenters. The fourth-order valence-corrected chi connectivity index (χ4v) is 4.19. The van der Waals surface area contributed by atoms with Gasteiger partial charge in [-0.25, -0.2) is 0 Å². The van der Waals surface area contributed by atoms with Crippen LogP contribution < -0.4 is 14.3 Å². The van der Waals surface area contributed by atoms with Gasteiger partial charge in [0.1, 0.15) is 11.5 Å². The molecule has 0 fully saturated rings. The first-order valence-corrected chi connectivity index (χ1v) is 9.22. The van der Waals surface area contributed by atoms with E-state index in [9.17, 15) is 4.79 Å². The highest BCUT2D eigenvalue weighted by Crippen LogP contribution is 2.27. The second-order valence-electron chi connectivity index (χ2n) is 6.06. The topological polar surface area (TPSA) is 52.8 Å². The third kappa shape index (κ3) is 2.98. The minimum atomic E-state index is -0.364. The number of thiazole rings is 1. The summed E-state index contributed by atoms with van der Waals surface area (Å²) < 4.78 is 13.6. The molecule has 1 amide bonds. The molecule has 0 aliphatic carbocycles. The number of carbonyl (C=O) groups is 1. The maximum atomic E-state index is 12.8. The van der Waals surface area contributed by atoms with Gasteiger partial charge in [-0.05, 0) is 29.7 Å². The average molecular weight is 378 g/mol. The van der Waals surface area contributed by atoms with Crippen LogP contribution in [0.3, 0.4) is 0 Å². The Bertz CT molecular complexity index is 1240. The predicted octanol–water partition coefficient (Wildman–Crippen LogP) is 4.15. The Labute approximate surface area is 160 Å². The highest BCUT2D eigenvalue weighted by Gasteiger charge is 2.14. The van der Waals surface area contributed by atoms with Gasteiger partial charge in [0.2, 0.25) is 0 Å². The summed E-state index contributed by atoms with van der Waals surface area (Å²) in [5.41, 5.74) is 1.45. The van der Waals surface area contributed by atoms with Crippen LogP contribution in [0.5, 0.6) is 11.5 Å². The van der Waals surface area contributed by atoms with Crippen molar-refractivity contribution >= 4 is 38.2 Å². The monoisotopic (exact) mass is 378 g/mol. The molecule has 0 aliphatic heterocycles. The number of aryl methyl sites for hydroxylation is 1. The van der Waals surface area contributed by atoms with Crippen LogP contribution in [0.15, 0.2) is 59.6 Å². The summed E-state index contributed by atoms with van der Waals surface area (Å²) in [7, 11) is 5.02. The number of hydrogen-bond donors (Lipinski definition) is 0. The Kier molecular flexibility index (Phi) is 4.41. The zero-order chi connectivity index (χ0) is 19.0. The smallest absolute Gasteiger partial charge is 0.283 e. The molecule has 3 aromatic carbocycles. The third-order valence-corrected chi connectivity index (χ3v) is 5.62. The van der Waals surface area contributed by atoms with Gasteiger partial charge in [-0.2, -0.15) is 4.99 Å². The summed E-state index contributed by atoms with van der Waals surface area (Å²) in [6.07, 6.45) is 0. The molecule has 0 spiro atoms. The normalized spacial score (nSPS) is 11.9. The van der Waals surface area contributed by atoms with Gasteiger partial charge in [-0.15, -0.1) is 0 Å². The first-order chi connectivity index (χ1) is 13.1. The molecule has 4 aromatic rings. The first kappa shape index (κ1) is 17.3. The largest absolute Gasteiger partial charge is 0.497 e. The quantitative estimate of drug-likeness (QED) is 0.538. The van der Waals surface area contributed by atoms with E-state index >= 15 is 0 Å². The minimum Gasteiger partial charge on any atom is -0.497 e. The molecule has 0 radical (unpaired) electrons. The lowest BCUT2D eigenvalue weighted by atomic mass is 10.1. The van der Waals surface area contributed by atoms with E-state index < -0.39 is 0 Å². The van der Waals surface area contributed by atoms with E-state index in [1.54, 1.807) is 25.3 Å². The molecule has 0 saturated carbocycles. The van der Waals surface area contributed by atoms with E-state index in [0.717, 1.165) is 21.0 Å². The number of rotatable bonds is 3. The molecule has 0 atom stereocenters. The number of methoxy groups -OCH3 is 2. The van der Waals surface area contributed by atoms with Crippen LogP contribution in [0.25, 0.3) is 21.0 Å².